The van der Waals surface area contributed by atoms with Gasteiger partial charge in [-0.1, -0.05) is 82.3 Å². The van der Waals surface area contributed by atoms with Gasteiger partial charge in [0.2, 0.25) is 0 Å². The highest BCUT2D eigenvalue weighted by atomic mass is 35.5. The number of rotatable bonds is 8. The first-order chi connectivity index (χ1) is 62.6. The van der Waals surface area contributed by atoms with Gasteiger partial charge >= 0.3 is 48.6 Å². The SMILES string of the molecule is CC(C)(C)OC(=O)N1CCc2ccc(N)cc21.CC(C)(C)OC(=O)N1CCc2ccc(Nc3c(N)cnc4ccc(Cl)cc34)cc21.CC(C)(C)OC(=O)N1CCc2ccc(Nc3c([N+](=O)[O-])cnc4ccc(Cl)cc34)cc21.Cn1c(=O)n(-c2ccc3c(c2)N(C(=O)OC(C)(C)C)CC3)c2c3cc(Cl)ccc3ncc21.Cn1cc(B(O)O)cn1.O=[N+]([O-])c1cnc2ccc(Cl)cc2c1Cl. The summed E-state index contributed by atoms with van der Waals surface area (Å²) < 4.78 is 26.7. The molecular weight excluding hydrogens is 1810 g/mol. The van der Waals surface area contributed by atoms with E-state index in [0.717, 1.165) is 109 Å². The number of nitrogens with two attached hydrogens (primary N) is 2. The van der Waals surface area contributed by atoms with E-state index in [9.17, 15) is 44.2 Å². The summed E-state index contributed by atoms with van der Waals surface area (Å²) in [6, 6.07) is 43.7. The van der Waals surface area contributed by atoms with Crippen LogP contribution in [-0.2, 0) is 58.7 Å². The molecule has 0 atom stereocenters. The standard InChI is InChI=1S/C24H23ClN4O3.C22H21ClN4O4.C22H23ClN4O2.C13H18N2O2.C9H4Cl2N2O2.C4H7BN2O2/c1-24(2,3)32-23(31)28-10-9-14-5-7-16(12-19(14)28)29-21-17-11-15(25)6-8-18(17)26-13-20(21)27(4)22(29)30;1-22(2,3)31-21(28)26-9-8-13-4-6-15(11-18(13)26)25-20-16-10-14(23)5-7-17(16)24-12-19(20)27(29)30;1-22(2,3)29-21(28)27-9-8-13-4-6-15(11-19(13)27)26-20-16-10-14(23)5-7-18(16)25-12-17(20)24;1-13(2,3)17-12(16)15-7-6-9-4-5-10(14)8-11(9)15;10-5-1-2-7-6(3-5)9(11)8(4-12-7)13(14)15;1-7-3-4(2-6-7)5(8)9/h5-8,11-13H,9-10H2,1-4H3;4-7,10-12H,8-9H2,1-3H3,(H,24,25);4-7,10-12H,8-9,24H2,1-3H3,(H,25,26);4-5,8H,6-7,14H2,1-3H3;1-4H;2-3,8-9H,1H3. The largest absolute Gasteiger partial charge is 0.491 e. The summed E-state index contributed by atoms with van der Waals surface area (Å²) in [5.41, 5.74) is 25.5. The van der Waals surface area contributed by atoms with E-state index in [1.807, 2.05) is 174 Å². The molecule has 33 nitrogen and oxygen atoms in total. The fourth-order valence-corrected chi connectivity index (χ4v) is 15.9. The predicted octanol–water partition coefficient (Wildman–Crippen LogP) is 20.3. The molecule has 8 aromatic carbocycles. The Morgan fingerprint density at radius 2 is 0.820 bits per heavy atom. The predicted molar refractivity (Wildman–Crippen MR) is 524 cm³/mol. The van der Waals surface area contributed by atoms with Crippen molar-refractivity contribution in [1.82, 2.24) is 38.9 Å². The first-order valence-corrected chi connectivity index (χ1v) is 43.8. The number of aryl methyl sites for hydroxylation is 2. The van der Waals surface area contributed by atoms with Gasteiger partial charge in [-0.25, -0.2) is 33.9 Å². The molecule has 0 spiro atoms. The van der Waals surface area contributed by atoms with Crippen molar-refractivity contribution >= 4 is 218 Å². The third-order valence-electron chi connectivity index (χ3n) is 20.9. The van der Waals surface area contributed by atoms with Gasteiger partial charge in [0.1, 0.15) is 45.5 Å². The van der Waals surface area contributed by atoms with Crippen LogP contribution in [0.5, 0.6) is 0 Å². The van der Waals surface area contributed by atoms with Crippen LogP contribution in [0, 0.1) is 20.2 Å². The maximum absolute atomic E-state index is 13.3. The highest BCUT2D eigenvalue weighted by molar-refractivity contribution is 6.58. The molecule has 6 aromatic heterocycles. The quantitative estimate of drug-likeness (QED) is 0.0270. The van der Waals surface area contributed by atoms with Gasteiger partial charge in [-0.3, -0.25) is 63.6 Å². The average molecular weight is 1910 g/mol. The van der Waals surface area contributed by atoms with E-state index in [2.05, 4.69) is 35.7 Å². The number of anilines is 10. The Balaban J connectivity index is 0.000000141. The van der Waals surface area contributed by atoms with Crippen LogP contribution < -0.4 is 52.9 Å². The number of ether oxygens (including phenoxy) is 4. The molecule has 0 saturated carbocycles. The fourth-order valence-electron chi connectivity index (χ4n) is 14.9. The lowest BCUT2D eigenvalue weighted by Crippen LogP contribution is -2.35. The monoisotopic (exact) mass is 1900 g/mol. The normalized spacial score (nSPS) is 13.0. The number of amides is 4. The van der Waals surface area contributed by atoms with Crippen molar-refractivity contribution in [1.29, 1.82) is 0 Å². The van der Waals surface area contributed by atoms with Gasteiger partial charge in [-0.2, -0.15) is 5.10 Å². The van der Waals surface area contributed by atoms with Gasteiger partial charge in [-0.05, 0) is 252 Å². The molecule has 10 heterocycles. The second-order valence-electron chi connectivity index (χ2n) is 35.4. The number of aromatic nitrogens is 8. The van der Waals surface area contributed by atoms with E-state index in [1.165, 1.54) is 17.1 Å². The summed E-state index contributed by atoms with van der Waals surface area (Å²) in [4.78, 5) is 108. The second-order valence-corrected chi connectivity index (χ2v) is 37.5. The molecule has 0 radical (unpaired) electrons. The number of nitro groups is 2. The number of fused-ring (bicyclic) bond motifs is 10. The van der Waals surface area contributed by atoms with Crippen LogP contribution >= 0.6 is 58.0 Å². The lowest BCUT2D eigenvalue weighted by Gasteiger charge is -2.25. The minimum Gasteiger partial charge on any atom is -0.443 e. The maximum atomic E-state index is 13.3. The average Bonchev–Trinajstić information content (AvgIpc) is 1.58. The van der Waals surface area contributed by atoms with Crippen LogP contribution in [-0.4, -0.2) is 139 Å². The summed E-state index contributed by atoms with van der Waals surface area (Å²) in [5, 5.41) is 54.4. The van der Waals surface area contributed by atoms with Crippen molar-refractivity contribution < 1.29 is 58.0 Å². The van der Waals surface area contributed by atoms with Gasteiger partial charge in [0.05, 0.1) is 95.2 Å². The zero-order valence-electron chi connectivity index (χ0n) is 75.1. The van der Waals surface area contributed by atoms with Crippen LogP contribution in [0.25, 0.3) is 60.3 Å². The van der Waals surface area contributed by atoms with Crippen molar-refractivity contribution in [3.05, 3.63) is 261 Å². The molecule has 0 fully saturated rings. The van der Waals surface area contributed by atoms with Gasteiger partial charge in [0.15, 0.2) is 0 Å². The molecule has 0 unspecified atom stereocenters. The van der Waals surface area contributed by atoms with Crippen molar-refractivity contribution in [2.75, 3.05) is 67.9 Å². The lowest BCUT2D eigenvalue weighted by atomic mass is 9.83. The Labute approximate surface area is 789 Å². The maximum Gasteiger partial charge on any atom is 0.491 e. The number of hydrogen-bond acceptors (Lipinski definition) is 24. The number of carbonyl (C=O) groups excluding carboxylic acids is 4. The van der Waals surface area contributed by atoms with Crippen LogP contribution in [0.3, 0.4) is 0 Å². The first kappa shape index (κ1) is 96.9. The van der Waals surface area contributed by atoms with Crippen molar-refractivity contribution in [2.24, 2.45) is 14.1 Å². The summed E-state index contributed by atoms with van der Waals surface area (Å²) in [6.45, 7) is 24.5. The highest BCUT2D eigenvalue weighted by Gasteiger charge is 2.35. The first-order valence-electron chi connectivity index (χ1n) is 41.9. The number of pyridine rings is 4. The summed E-state index contributed by atoms with van der Waals surface area (Å²) in [5.74, 6) is 0. The smallest absolute Gasteiger partial charge is 0.443 e. The minimum atomic E-state index is -1.40. The molecule has 4 aliphatic rings. The number of halogens is 5. The van der Waals surface area contributed by atoms with E-state index in [1.54, 1.807) is 116 Å². The van der Waals surface area contributed by atoms with Gasteiger partial charge < -0.3 is 51.1 Å². The molecule has 14 aromatic rings. The Hall–Kier alpha value is -13.6. The zero-order chi connectivity index (χ0) is 96.4. The van der Waals surface area contributed by atoms with Crippen molar-refractivity contribution in [2.45, 2.75) is 131 Å². The third-order valence-corrected chi connectivity index (χ3v) is 22.2. The summed E-state index contributed by atoms with van der Waals surface area (Å²) in [7, 11) is 2.03. The number of nitrogen functional groups attached to an aromatic ring is 2. The zero-order valence-corrected chi connectivity index (χ0v) is 78.8. The minimum absolute atomic E-state index is 0.0625. The Bertz CT molecular complexity index is 6970. The molecule has 18 rings (SSSR count). The van der Waals surface area contributed by atoms with Crippen LogP contribution in [0.4, 0.5) is 87.4 Å². The van der Waals surface area contributed by atoms with E-state index in [-0.39, 0.29) is 40.4 Å². The Morgan fingerprint density at radius 1 is 0.451 bits per heavy atom. The van der Waals surface area contributed by atoms with Crippen molar-refractivity contribution in [3.63, 3.8) is 0 Å². The number of benzene rings is 8. The summed E-state index contributed by atoms with van der Waals surface area (Å²) in [6.07, 6.45) is 10.3. The molecule has 0 saturated heterocycles. The second kappa shape index (κ2) is 39.4. The molecule has 0 aliphatic carbocycles. The topological polar surface area (TPSA) is 417 Å². The Morgan fingerprint density at radius 3 is 1.24 bits per heavy atom. The lowest BCUT2D eigenvalue weighted by molar-refractivity contribution is -0.384. The van der Waals surface area contributed by atoms with E-state index in [0.29, 0.717) is 114 Å². The molecular formula is C94H96BCl5N18O15. The molecule has 8 N–H and O–H groups in total. The number of nitrogens with one attached hydrogen (secondary N) is 2. The fraction of sp³-hybridized carbons (Fsp3) is 0.277. The van der Waals surface area contributed by atoms with Crippen molar-refractivity contribution in [3.8, 4) is 5.69 Å². The molecule has 39 heteroatoms. The number of hydrogen-bond donors (Lipinski definition) is 6. The van der Waals surface area contributed by atoms with Gasteiger partial charge in [-0.15, -0.1) is 0 Å². The molecule has 4 aliphatic heterocycles. The van der Waals surface area contributed by atoms with Gasteiger partial charge in [0, 0.05) is 117 Å². The number of imidazole rings is 1. The molecule has 4 amide bonds. The Kier molecular flexibility index (Phi) is 28.7. The molecule has 690 valence electrons. The van der Waals surface area contributed by atoms with Gasteiger partial charge in [0.25, 0.3) is 0 Å². The van der Waals surface area contributed by atoms with E-state index in [4.69, 9.17) is 98.5 Å². The van der Waals surface area contributed by atoms with E-state index < -0.39 is 45.5 Å². The van der Waals surface area contributed by atoms with Crippen LogP contribution in [0.1, 0.15) is 105 Å². The molecule has 133 heavy (non-hydrogen) atoms. The molecule has 0 bridgehead atoms. The van der Waals surface area contributed by atoms with Crippen LogP contribution in [0.2, 0.25) is 25.1 Å². The number of carbonyl (C=O) groups is 4. The summed E-state index contributed by atoms with van der Waals surface area (Å²) >= 11 is 30.2. The van der Waals surface area contributed by atoms with Crippen LogP contribution in [0.15, 0.2) is 188 Å². The third kappa shape index (κ3) is 23.1. The highest BCUT2D eigenvalue weighted by Crippen LogP contribution is 2.43. The number of nitrogens with zero attached hydrogens (tertiary/aromatic N) is 14. The van der Waals surface area contributed by atoms with E-state index >= 15 is 0 Å².